The highest BCUT2D eigenvalue weighted by atomic mass is 28.3. The van der Waals surface area contributed by atoms with Gasteiger partial charge in [-0.05, 0) is 40.2 Å². The molecule has 0 nitrogen and oxygen atoms in total. The van der Waals surface area contributed by atoms with Crippen LogP contribution in [0.4, 0.5) is 0 Å². The molecule has 114 valence electrons. The van der Waals surface area contributed by atoms with E-state index in [1.54, 1.807) is 21.5 Å². The lowest BCUT2D eigenvalue weighted by Gasteiger charge is -2.32. The summed E-state index contributed by atoms with van der Waals surface area (Å²) in [6.07, 6.45) is 6.24. The summed E-state index contributed by atoms with van der Waals surface area (Å²) in [6, 6.07) is 8.60. The molecular formula is C20H30Si. The fourth-order valence-electron chi connectivity index (χ4n) is 3.99. The number of unbranched alkanes of at least 4 members (excludes halogenated alkanes) is 1. The van der Waals surface area contributed by atoms with Gasteiger partial charge in [0.15, 0.2) is 0 Å². The van der Waals surface area contributed by atoms with Gasteiger partial charge in [-0.15, -0.1) is 0 Å². The summed E-state index contributed by atoms with van der Waals surface area (Å²) in [4.78, 5) is 0. The van der Waals surface area contributed by atoms with Crippen molar-refractivity contribution in [2.75, 3.05) is 0 Å². The minimum atomic E-state index is -1.59. The van der Waals surface area contributed by atoms with Crippen molar-refractivity contribution < 1.29 is 0 Å². The second kappa shape index (κ2) is 6.35. The SMILES string of the molecule is CCCC[Si](C)(C1=C(C)CC=C1C)c1cc(C)cc(C)c1. The largest absolute Gasteiger partial charge is 0.115 e. The zero-order valence-electron chi connectivity index (χ0n) is 14.6. The molecule has 0 heterocycles. The summed E-state index contributed by atoms with van der Waals surface area (Å²) in [6.45, 7) is 14.1. The molecule has 0 spiro atoms. The van der Waals surface area contributed by atoms with Gasteiger partial charge in [-0.2, -0.15) is 0 Å². The lowest BCUT2D eigenvalue weighted by molar-refractivity contribution is 0.870. The Labute approximate surface area is 132 Å². The van der Waals surface area contributed by atoms with E-state index < -0.39 is 8.07 Å². The van der Waals surface area contributed by atoms with Crippen molar-refractivity contribution in [3.8, 4) is 0 Å². The van der Waals surface area contributed by atoms with E-state index in [0.717, 1.165) is 0 Å². The highest BCUT2D eigenvalue weighted by molar-refractivity contribution is 6.97. The Morgan fingerprint density at radius 2 is 1.62 bits per heavy atom. The Hall–Kier alpha value is -1.08. The van der Waals surface area contributed by atoms with Crippen LogP contribution in [-0.2, 0) is 0 Å². The van der Waals surface area contributed by atoms with Crippen LogP contribution in [0.1, 0.15) is 51.2 Å². The van der Waals surface area contributed by atoms with Crippen LogP contribution in [0.3, 0.4) is 0 Å². The Morgan fingerprint density at radius 3 is 2.10 bits per heavy atom. The molecule has 0 radical (unpaired) electrons. The molecule has 0 saturated carbocycles. The predicted octanol–water partition coefficient (Wildman–Crippen LogP) is 5.59. The first-order valence-electron chi connectivity index (χ1n) is 8.34. The minimum absolute atomic E-state index is 1.17. The Morgan fingerprint density at radius 1 is 1.00 bits per heavy atom. The molecule has 1 aromatic rings. The number of hydrogen-bond acceptors (Lipinski definition) is 0. The van der Waals surface area contributed by atoms with E-state index >= 15 is 0 Å². The summed E-state index contributed by atoms with van der Waals surface area (Å²) in [5.41, 5.74) is 6.00. The van der Waals surface area contributed by atoms with E-state index in [9.17, 15) is 0 Å². The van der Waals surface area contributed by atoms with E-state index in [-0.39, 0.29) is 0 Å². The van der Waals surface area contributed by atoms with Crippen LogP contribution in [0.25, 0.3) is 0 Å². The summed E-state index contributed by atoms with van der Waals surface area (Å²) >= 11 is 0. The zero-order chi connectivity index (χ0) is 15.6. The smallest absolute Gasteiger partial charge is 0.0776 e. The summed E-state index contributed by atoms with van der Waals surface area (Å²) in [7, 11) is -1.59. The Kier molecular flexibility index (Phi) is 4.93. The fourth-order valence-corrected chi connectivity index (χ4v) is 8.99. The second-order valence-corrected chi connectivity index (χ2v) is 11.3. The number of hydrogen-bond donors (Lipinski definition) is 0. The van der Waals surface area contributed by atoms with Crippen LogP contribution in [0.15, 0.2) is 40.6 Å². The number of aryl methyl sites for hydroxylation is 2. The predicted molar refractivity (Wildman–Crippen MR) is 98.0 cm³/mol. The fraction of sp³-hybridized carbons (Fsp3) is 0.500. The van der Waals surface area contributed by atoms with Gasteiger partial charge in [0, 0.05) is 0 Å². The minimum Gasteiger partial charge on any atom is -0.0776 e. The molecule has 1 aliphatic rings. The summed E-state index contributed by atoms with van der Waals surface area (Å²) in [5, 5.41) is 3.37. The van der Waals surface area contributed by atoms with Gasteiger partial charge in [0.25, 0.3) is 0 Å². The van der Waals surface area contributed by atoms with Crippen LogP contribution >= 0.6 is 0 Å². The molecule has 1 unspecified atom stereocenters. The molecule has 0 saturated heterocycles. The molecule has 1 aliphatic carbocycles. The molecule has 21 heavy (non-hydrogen) atoms. The monoisotopic (exact) mass is 298 g/mol. The van der Waals surface area contributed by atoms with Gasteiger partial charge in [0.1, 0.15) is 8.07 Å². The van der Waals surface area contributed by atoms with Crippen molar-refractivity contribution in [2.24, 2.45) is 0 Å². The van der Waals surface area contributed by atoms with Crippen molar-refractivity contribution in [1.82, 2.24) is 0 Å². The first-order chi connectivity index (χ1) is 9.88. The van der Waals surface area contributed by atoms with Gasteiger partial charge in [-0.1, -0.05) is 83.2 Å². The molecule has 1 aromatic carbocycles. The maximum Gasteiger partial charge on any atom is 0.115 e. The van der Waals surface area contributed by atoms with Gasteiger partial charge >= 0.3 is 0 Å². The maximum atomic E-state index is 2.60. The van der Waals surface area contributed by atoms with E-state index in [0.29, 0.717) is 0 Å². The first-order valence-corrected chi connectivity index (χ1v) is 11.1. The molecule has 0 N–H and O–H groups in total. The maximum absolute atomic E-state index is 2.60. The van der Waals surface area contributed by atoms with E-state index in [4.69, 9.17) is 0 Å². The topological polar surface area (TPSA) is 0 Å². The summed E-state index contributed by atoms with van der Waals surface area (Å²) < 4.78 is 0. The Balaban J connectivity index is 2.56. The first kappa shape index (κ1) is 16.3. The van der Waals surface area contributed by atoms with Crippen molar-refractivity contribution >= 4 is 13.3 Å². The Bertz CT molecular complexity index is 572. The highest BCUT2D eigenvalue weighted by Gasteiger charge is 2.36. The van der Waals surface area contributed by atoms with Crippen molar-refractivity contribution in [1.29, 1.82) is 0 Å². The lowest BCUT2D eigenvalue weighted by Crippen LogP contribution is -2.47. The van der Waals surface area contributed by atoms with Gasteiger partial charge in [0.05, 0.1) is 0 Å². The van der Waals surface area contributed by atoms with Gasteiger partial charge in [0.2, 0.25) is 0 Å². The average Bonchev–Trinajstić information content (AvgIpc) is 2.75. The van der Waals surface area contributed by atoms with Gasteiger partial charge in [-0.25, -0.2) is 0 Å². The molecule has 2 rings (SSSR count). The molecule has 0 aromatic heterocycles. The average molecular weight is 299 g/mol. The molecule has 0 aliphatic heterocycles. The number of benzene rings is 1. The normalized spacial score (nSPS) is 17.9. The highest BCUT2D eigenvalue weighted by Crippen LogP contribution is 2.36. The van der Waals surface area contributed by atoms with E-state index in [1.165, 1.54) is 36.4 Å². The molecule has 0 amide bonds. The van der Waals surface area contributed by atoms with Gasteiger partial charge < -0.3 is 0 Å². The lowest BCUT2D eigenvalue weighted by atomic mass is 10.2. The second-order valence-electron chi connectivity index (χ2n) is 7.06. The van der Waals surface area contributed by atoms with Crippen molar-refractivity contribution in [3.05, 3.63) is 51.7 Å². The number of rotatable bonds is 5. The van der Waals surface area contributed by atoms with Crippen LogP contribution in [0, 0.1) is 13.8 Å². The van der Waals surface area contributed by atoms with E-state index in [1.807, 2.05) is 0 Å². The summed E-state index contributed by atoms with van der Waals surface area (Å²) in [5.74, 6) is 0. The number of allylic oxidation sites excluding steroid dienone is 4. The third-order valence-electron chi connectivity index (χ3n) is 4.98. The standard InChI is InChI=1S/C20H30Si/c1-7-8-11-21(6,20-17(4)9-10-18(20)5)19-13-15(2)12-16(3)14-19/h9,12-14H,7-8,10-11H2,1-6H3. The van der Waals surface area contributed by atoms with Gasteiger partial charge in [-0.3, -0.25) is 0 Å². The molecule has 1 atom stereocenters. The van der Waals surface area contributed by atoms with Crippen LogP contribution in [0.5, 0.6) is 0 Å². The van der Waals surface area contributed by atoms with E-state index in [2.05, 4.69) is 65.4 Å². The van der Waals surface area contributed by atoms with Crippen molar-refractivity contribution in [2.45, 2.75) is 66.5 Å². The van der Waals surface area contributed by atoms with Crippen LogP contribution in [0.2, 0.25) is 12.6 Å². The molecular weight excluding hydrogens is 268 g/mol. The molecule has 1 heteroatoms. The van der Waals surface area contributed by atoms with Crippen LogP contribution in [-0.4, -0.2) is 8.07 Å². The third kappa shape index (κ3) is 3.23. The zero-order valence-corrected chi connectivity index (χ0v) is 15.6. The third-order valence-corrected chi connectivity index (χ3v) is 9.82. The quantitative estimate of drug-likeness (QED) is 0.621. The van der Waals surface area contributed by atoms with Crippen molar-refractivity contribution in [3.63, 3.8) is 0 Å². The van der Waals surface area contributed by atoms with Crippen LogP contribution < -0.4 is 5.19 Å². The molecule has 0 bridgehead atoms. The molecule has 0 fully saturated rings.